The topological polar surface area (TPSA) is 28.0 Å². The van der Waals surface area contributed by atoms with Crippen LogP contribution in [0.4, 0.5) is 0 Å². The summed E-state index contributed by atoms with van der Waals surface area (Å²) in [5, 5.41) is 5.44. The average Bonchev–Trinajstić information content (AvgIpc) is 1.80. The third-order valence-electron chi connectivity index (χ3n) is 0.651. The first-order chi connectivity index (χ1) is 4.27. The zero-order valence-electron chi connectivity index (χ0n) is 8.66. The second-order valence-electron chi connectivity index (χ2n) is 1.93. The van der Waals surface area contributed by atoms with E-state index >= 15 is 0 Å². The molecule has 0 fully saturated rings. The predicted molar refractivity (Wildman–Crippen MR) is 47.1 cm³/mol. The molecule has 0 aliphatic carbocycles. The quantitative estimate of drug-likeness (QED) is 0.303. The standard InChI is InChI=1S/C6H13N3.ClH.Na.H/c1-4-5-7-6-8-9(2)3;;;/h4-5H2,1-3H3;1H;;/q;;+1;-1. The van der Waals surface area contributed by atoms with E-state index in [0.717, 1.165) is 13.0 Å². The van der Waals surface area contributed by atoms with Crippen molar-refractivity contribution in [1.82, 2.24) is 5.01 Å². The first-order valence-corrected chi connectivity index (χ1v) is 3.06. The van der Waals surface area contributed by atoms with Crippen LogP contribution in [0.15, 0.2) is 10.1 Å². The maximum absolute atomic E-state index is 3.87. The summed E-state index contributed by atoms with van der Waals surface area (Å²) in [6.07, 6.45) is 1.05. The smallest absolute Gasteiger partial charge is 1.00 e. The van der Waals surface area contributed by atoms with Crippen LogP contribution < -0.4 is 29.6 Å². The van der Waals surface area contributed by atoms with Gasteiger partial charge in [-0.3, -0.25) is 5.01 Å². The van der Waals surface area contributed by atoms with Gasteiger partial charge in [-0.15, -0.1) is 17.5 Å². The number of hydrazone groups is 1. The number of nitrogens with zero attached hydrogens (tertiary/aromatic N) is 3. The molecule has 0 aromatic rings. The minimum absolute atomic E-state index is 0. The van der Waals surface area contributed by atoms with E-state index in [4.69, 9.17) is 0 Å². The van der Waals surface area contributed by atoms with Crippen LogP contribution >= 0.6 is 12.4 Å². The van der Waals surface area contributed by atoms with Crippen molar-refractivity contribution in [3.8, 4) is 0 Å². The van der Waals surface area contributed by atoms with Crippen molar-refractivity contribution < 1.29 is 31.0 Å². The molecule has 62 valence electrons. The van der Waals surface area contributed by atoms with E-state index in [1.807, 2.05) is 14.1 Å². The van der Waals surface area contributed by atoms with Gasteiger partial charge in [0.05, 0.1) is 0 Å². The van der Waals surface area contributed by atoms with Crippen molar-refractivity contribution in [1.29, 1.82) is 0 Å². The van der Waals surface area contributed by atoms with Gasteiger partial charge < -0.3 is 1.43 Å². The van der Waals surface area contributed by atoms with Crippen molar-refractivity contribution in [3.05, 3.63) is 0 Å². The van der Waals surface area contributed by atoms with Crippen molar-refractivity contribution in [2.75, 3.05) is 20.6 Å². The molecule has 5 heteroatoms. The van der Waals surface area contributed by atoms with Crippen molar-refractivity contribution in [2.24, 2.45) is 10.1 Å². The van der Waals surface area contributed by atoms with Crippen molar-refractivity contribution >= 4 is 18.4 Å². The normalized spacial score (nSPS) is 6.45. The second kappa shape index (κ2) is 13.1. The molecule has 0 aliphatic heterocycles. The van der Waals surface area contributed by atoms with E-state index in [2.05, 4.69) is 23.0 Å². The van der Waals surface area contributed by atoms with E-state index < -0.39 is 0 Å². The number of aliphatic imine (C=N–C) groups is 1. The summed E-state index contributed by atoms with van der Waals surface area (Å²) >= 11 is 0. The van der Waals surface area contributed by atoms with E-state index in [0.29, 0.717) is 0 Å². The van der Waals surface area contributed by atoms with Crippen LogP contribution in [0.5, 0.6) is 0 Å². The summed E-state index contributed by atoms with van der Waals surface area (Å²) in [6.45, 7) is 2.89. The zero-order chi connectivity index (χ0) is 7.11. The molecule has 0 saturated heterocycles. The van der Waals surface area contributed by atoms with Crippen molar-refractivity contribution in [2.45, 2.75) is 13.3 Å². The third kappa shape index (κ3) is 17.9. The summed E-state index contributed by atoms with van der Waals surface area (Å²) in [5.74, 6) is 0. The molecule has 0 radical (unpaired) electrons. The van der Waals surface area contributed by atoms with Crippen LogP contribution in [-0.4, -0.2) is 31.7 Å². The maximum atomic E-state index is 3.87. The Labute approximate surface area is 98.1 Å². The van der Waals surface area contributed by atoms with Crippen LogP contribution in [0.1, 0.15) is 14.8 Å². The van der Waals surface area contributed by atoms with Gasteiger partial charge in [-0.05, 0) is 6.42 Å². The van der Waals surface area contributed by atoms with Gasteiger partial charge in [-0.1, -0.05) is 6.92 Å². The van der Waals surface area contributed by atoms with Gasteiger partial charge in [0.2, 0.25) is 0 Å². The van der Waals surface area contributed by atoms with Gasteiger partial charge in [0, 0.05) is 20.6 Å². The Hall–Kier alpha value is 0.470. The van der Waals surface area contributed by atoms with Crippen molar-refractivity contribution in [3.63, 3.8) is 0 Å². The Bertz CT molecular complexity index is 126. The monoisotopic (exact) mass is 187 g/mol. The molecule has 0 aromatic heterocycles. The molecule has 0 aromatic carbocycles. The Morgan fingerprint density at radius 1 is 1.45 bits per heavy atom. The molecule has 0 atom stereocenters. The fraction of sp³-hybridized carbons (Fsp3) is 0.833. The van der Waals surface area contributed by atoms with Crippen LogP contribution in [0.3, 0.4) is 0 Å². The summed E-state index contributed by atoms with van der Waals surface area (Å²) in [4.78, 5) is 3.87. The van der Waals surface area contributed by atoms with Gasteiger partial charge in [0.15, 0.2) is 0 Å². The molecule has 0 unspecified atom stereocenters. The van der Waals surface area contributed by atoms with Crippen LogP contribution in [0, 0.1) is 0 Å². The van der Waals surface area contributed by atoms with E-state index in [9.17, 15) is 0 Å². The fourth-order valence-electron chi connectivity index (χ4n) is 0.283. The number of rotatable bonds is 3. The zero-order valence-corrected chi connectivity index (χ0v) is 10.5. The molecule has 0 rings (SSSR count). The van der Waals surface area contributed by atoms with Gasteiger partial charge in [0.25, 0.3) is 0 Å². The molecule has 0 bridgehead atoms. The Balaban J connectivity index is -0.000000107. The Morgan fingerprint density at radius 2 is 2.00 bits per heavy atom. The molecular weight excluding hydrogens is 173 g/mol. The first kappa shape index (κ1) is 17.5. The molecule has 0 aliphatic rings. The summed E-state index contributed by atoms with van der Waals surface area (Å²) in [6, 6.07) is 2.56. The third-order valence-corrected chi connectivity index (χ3v) is 0.651. The number of hydrogen-bond donors (Lipinski definition) is 0. The first-order valence-electron chi connectivity index (χ1n) is 3.06. The molecule has 3 nitrogen and oxygen atoms in total. The largest absolute Gasteiger partial charge is 1.00 e. The van der Waals surface area contributed by atoms with Gasteiger partial charge in [-0.2, -0.15) is 0 Å². The fourth-order valence-corrected chi connectivity index (χ4v) is 0.283. The summed E-state index contributed by atoms with van der Waals surface area (Å²) < 4.78 is 0. The second-order valence-corrected chi connectivity index (χ2v) is 1.93. The van der Waals surface area contributed by atoms with Crippen LogP contribution in [-0.2, 0) is 0 Å². The number of hydrogen-bond acceptors (Lipinski definition) is 3. The molecule has 0 N–H and O–H groups in total. The average molecular weight is 188 g/mol. The SMILES string of the molecule is CCCN=C=NN(C)C.Cl.[H-].[Na+]. The molecule has 0 spiro atoms. The molecule has 11 heavy (non-hydrogen) atoms. The molecular formula is C6H15ClN3Na. The van der Waals surface area contributed by atoms with Gasteiger partial charge in [-0.25, -0.2) is 4.99 Å². The van der Waals surface area contributed by atoms with E-state index in [1.165, 1.54) is 0 Å². The van der Waals surface area contributed by atoms with Gasteiger partial charge in [0.1, 0.15) is 6.01 Å². The Morgan fingerprint density at radius 3 is 2.36 bits per heavy atom. The summed E-state index contributed by atoms with van der Waals surface area (Å²) in [7, 11) is 3.68. The van der Waals surface area contributed by atoms with Crippen LogP contribution in [0.25, 0.3) is 0 Å². The predicted octanol–water partition coefficient (Wildman–Crippen LogP) is -1.41. The minimum Gasteiger partial charge on any atom is -1.00 e. The van der Waals surface area contributed by atoms with E-state index in [-0.39, 0.29) is 43.4 Å². The number of halogens is 1. The minimum atomic E-state index is 0. The maximum Gasteiger partial charge on any atom is 1.00 e. The van der Waals surface area contributed by atoms with Crippen LogP contribution in [0.2, 0.25) is 0 Å². The molecule has 0 saturated carbocycles. The molecule has 0 heterocycles. The summed E-state index contributed by atoms with van der Waals surface area (Å²) in [5.41, 5.74) is 0. The molecule has 0 amide bonds. The Kier molecular flexibility index (Phi) is 20.9. The van der Waals surface area contributed by atoms with Gasteiger partial charge >= 0.3 is 29.6 Å². The van der Waals surface area contributed by atoms with E-state index in [1.54, 1.807) is 5.01 Å².